The lowest BCUT2D eigenvalue weighted by atomic mass is 10.0. The third kappa shape index (κ3) is 4.17. The predicted molar refractivity (Wildman–Crippen MR) is 129 cm³/mol. The lowest BCUT2D eigenvalue weighted by molar-refractivity contribution is -0.138. The second-order valence-electron chi connectivity index (χ2n) is 8.55. The number of benzene rings is 1. The van der Waals surface area contributed by atoms with Crippen LogP contribution in [0.2, 0.25) is 0 Å². The molecule has 0 bridgehead atoms. The van der Waals surface area contributed by atoms with E-state index in [4.69, 9.17) is 4.74 Å². The molecule has 12 heteroatoms. The fourth-order valence-electron chi connectivity index (χ4n) is 4.21. The van der Waals surface area contributed by atoms with Crippen LogP contribution in [-0.4, -0.2) is 24.5 Å². The van der Waals surface area contributed by atoms with Crippen LogP contribution in [0.25, 0.3) is 33.7 Å². The van der Waals surface area contributed by atoms with E-state index in [9.17, 15) is 26.7 Å². The summed E-state index contributed by atoms with van der Waals surface area (Å²) in [7, 11) is 1.73. The molecule has 1 N–H and O–H groups in total. The first-order chi connectivity index (χ1) is 18.0. The monoisotopic (exact) mass is 527 g/mol. The number of fused-ring (bicyclic) bond motifs is 1. The number of ether oxygens (including phenoxy) is 1. The molecule has 0 spiro atoms. The summed E-state index contributed by atoms with van der Waals surface area (Å²) in [5, 5.41) is 0.182. The minimum Gasteiger partial charge on any atom is -0.438 e. The van der Waals surface area contributed by atoms with Gasteiger partial charge in [-0.1, -0.05) is 0 Å². The quantitative estimate of drug-likeness (QED) is 0.286. The van der Waals surface area contributed by atoms with E-state index >= 15 is 0 Å². The number of imidazole rings is 1. The largest absolute Gasteiger partial charge is 0.438 e. The Bertz CT molecular complexity index is 1780. The van der Waals surface area contributed by atoms with Crippen molar-refractivity contribution in [2.45, 2.75) is 20.0 Å². The molecule has 0 aliphatic carbocycles. The number of aromatic nitrogens is 5. The van der Waals surface area contributed by atoms with Crippen molar-refractivity contribution < 1.29 is 26.7 Å². The Kier molecular flexibility index (Phi) is 5.97. The second-order valence-corrected chi connectivity index (χ2v) is 8.55. The van der Waals surface area contributed by atoms with Crippen molar-refractivity contribution in [3.05, 3.63) is 87.6 Å². The van der Waals surface area contributed by atoms with E-state index in [1.54, 1.807) is 24.0 Å². The molecule has 1 aromatic carbocycles. The summed E-state index contributed by atoms with van der Waals surface area (Å²) in [6, 6.07) is 4.59. The van der Waals surface area contributed by atoms with Gasteiger partial charge in [0.1, 0.15) is 11.4 Å². The number of nitrogens with zero attached hydrogens (tertiary/aromatic N) is 4. The molecule has 38 heavy (non-hydrogen) atoms. The Morgan fingerprint density at radius 2 is 1.76 bits per heavy atom. The van der Waals surface area contributed by atoms with Crippen molar-refractivity contribution in [1.29, 1.82) is 0 Å². The lowest BCUT2D eigenvalue weighted by Crippen LogP contribution is -2.12. The van der Waals surface area contributed by atoms with Gasteiger partial charge in [-0.3, -0.25) is 9.78 Å². The topological polar surface area (TPSA) is 85.7 Å². The van der Waals surface area contributed by atoms with E-state index in [0.29, 0.717) is 12.0 Å². The second kappa shape index (κ2) is 9.05. The van der Waals surface area contributed by atoms with Crippen LogP contribution in [0.3, 0.4) is 0 Å². The van der Waals surface area contributed by atoms with Crippen LogP contribution in [0.4, 0.5) is 22.0 Å². The lowest BCUT2D eigenvalue weighted by Gasteiger charge is -2.18. The maximum Gasteiger partial charge on any atom is 0.418 e. The van der Waals surface area contributed by atoms with Gasteiger partial charge in [0.15, 0.2) is 22.9 Å². The summed E-state index contributed by atoms with van der Waals surface area (Å²) < 4.78 is 76.5. The SMILES string of the molecule is Cc1c(Oc2ncc(C(F)(F)F)c(C)c2-c2cc(=O)c3c(-c4nccn4C)nccc3[nH]2)ccc(F)c1F. The number of hydrogen-bond donors (Lipinski definition) is 1. The first-order valence-electron chi connectivity index (χ1n) is 11.2. The van der Waals surface area contributed by atoms with Gasteiger partial charge in [-0.25, -0.2) is 18.7 Å². The summed E-state index contributed by atoms with van der Waals surface area (Å²) in [4.78, 5) is 28.7. The van der Waals surface area contributed by atoms with Crippen LogP contribution in [0.5, 0.6) is 11.6 Å². The van der Waals surface area contributed by atoms with Crippen LogP contribution in [0.1, 0.15) is 16.7 Å². The summed E-state index contributed by atoms with van der Waals surface area (Å²) in [6.45, 7) is 2.47. The molecule has 0 unspecified atom stereocenters. The summed E-state index contributed by atoms with van der Waals surface area (Å²) in [5.41, 5.74) is -1.69. The summed E-state index contributed by atoms with van der Waals surface area (Å²) in [5.74, 6) is -2.34. The molecule has 4 heterocycles. The van der Waals surface area contributed by atoms with Crippen molar-refractivity contribution in [3.8, 4) is 34.4 Å². The van der Waals surface area contributed by atoms with Crippen molar-refractivity contribution in [2.24, 2.45) is 7.05 Å². The Morgan fingerprint density at radius 1 is 1.00 bits per heavy atom. The zero-order valence-corrected chi connectivity index (χ0v) is 20.1. The van der Waals surface area contributed by atoms with E-state index in [0.717, 1.165) is 18.2 Å². The number of nitrogens with one attached hydrogen (secondary N) is 1. The number of H-pyrrole nitrogens is 1. The maximum absolute atomic E-state index is 14.1. The van der Waals surface area contributed by atoms with E-state index < -0.39 is 28.8 Å². The van der Waals surface area contributed by atoms with Crippen LogP contribution < -0.4 is 10.2 Å². The third-order valence-electron chi connectivity index (χ3n) is 6.15. The van der Waals surface area contributed by atoms with Gasteiger partial charge in [0.2, 0.25) is 5.88 Å². The molecular weight excluding hydrogens is 509 g/mol. The Balaban J connectivity index is 1.75. The molecule has 0 atom stereocenters. The van der Waals surface area contributed by atoms with Crippen LogP contribution in [-0.2, 0) is 13.2 Å². The van der Waals surface area contributed by atoms with Gasteiger partial charge < -0.3 is 14.3 Å². The van der Waals surface area contributed by atoms with E-state index in [2.05, 4.69) is 19.9 Å². The van der Waals surface area contributed by atoms with E-state index in [1.165, 1.54) is 26.1 Å². The van der Waals surface area contributed by atoms with Gasteiger partial charge >= 0.3 is 6.18 Å². The zero-order chi connectivity index (χ0) is 27.4. The first kappa shape index (κ1) is 25.1. The van der Waals surface area contributed by atoms with Crippen LogP contribution >= 0.6 is 0 Å². The summed E-state index contributed by atoms with van der Waals surface area (Å²) in [6.07, 6.45) is 0.492. The molecule has 0 amide bonds. The summed E-state index contributed by atoms with van der Waals surface area (Å²) >= 11 is 0. The molecule has 5 aromatic rings. The molecule has 0 radical (unpaired) electrons. The van der Waals surface area contributed by atoms with Crippen LogP contribution in [0, 0.1) is 25.5 Å². The Hall–Kier alpha value is -4.61. The van der Waals surface area contributed by atoms with Gasteiger partial charge in [-0.15, -0.1) is 0 Å². The third-order valence-corrected chi connectivity index (χ3v) is 6.15. The molecule has 7 nitrogen and oxygen atoms in total. The maximum atomic E-state index is 14.1. The van der Waals surface area contributed by atoms with Crippen LogP contribution in [0.15, 0.2) is 53.8 Å². The average molecular weight is 527 g/mol. The highest BCUT2D eigenvalue weighted by Crippen LogP contribution is 2.41. The Morgan fingerprint density at radius 3 is 2.45 bits per heavy atom. The van der Waals surface area contributed by atoms with Crippen molar-refractivity contribution in [2.75, 3.05) is 0 Å². The Labute approximate surface area is 211 Å². The molecular formula is C26H18F5N5O2. The van der Waals surface area contributed by atoms with E-state index in [1.807, 2.05) is 0 Å². The highest BCUT2D eigenvalue weighted by Gasteiger charge is 2.35. The molecule has 194 valence electrons. The smallest absolute Gasteiger partial charge is 0.418 e. The minimum atomic E-state index is -4.76. The molecule has 0 fully saturated rings. The fourth-order valence-corrected chi connectivity index (χ4v) is 4.21. The van der Waals surface area contributed by atoms with Crippen molar-refractivity contribution >= 4 is 10.9 Å². The van der Waals surface area contributed by atoms with Gasteiger partial charge in [0.25, 0.3) is 0 Å². The number of aryl methyl sites for hydroxylation is 1. The van der Waals surface area contributed by atoms with Crippen molar-refractivity contribution in [1.82, 2.24) is 24.5 Å². The van der Waals surface area contributed by atoms with Gasteiger partial charge in [-0.05, 0) is 37.6 Å². The molecule has 0 aliphatic heterocycles. The molecule has 0 saturated heterocycles. The normalized spacial score (nSPS) is 11.8. The van der Waals surface area contributed by atoms with Gasteiger partial charge in [-0.2, -0.15) is 13.2 Å². The number of aromatic amines is 1. The highest BCUT2D eigenvalue weighted by molar-refractivity contribution is 5.92. The zero-order valence-electron chi connectivity index (χ0n) is 20.1. The molecule has 0 aliphatic rings. The van der Waals surface area contributed by atoms with Gasteiger partial charge in [0.05, 0.1) is 27.7 Å². The van der Waals surface area contributed by atoms with Crippen molar-refractivity contribution in [3.63, 3.8) is 0 Å². The average Bonchev–Trinajstić information content (AvgIpc) is 3.28. The molecule has 4 aromatic heterocycles. The number of pyridine rings is 3. The molecule has 5 rings (SSSR count). The minimum absolute atomic E-state index is 0.0224. The van der Waals surface area contributed by atoms with Gasteiger partial charge in [0, 0.05) is 43.5 Å². The number of hydrogen-bond acceptors (Lipinski definition) is 5. The predicted octanol–water partition coefficient (Wildman–Crippen LogP) is 6.09. The van der Waals surface area contributed by atoms with E-state index in [-0.39, 0.29) is 50.6 Å². The fraction of sp³-hybridized carbons (Fsp3) is 0.154. The number of rotatable bonds is 4. The standard InChI is InChI=1S/C26H18F5N5O2/c1-12-14(26(29,30)31)11-34-25(38-19-5-4-15(27)22(28)13(19)2)20(12)17-10-18(37)21-16(35-17)6-7-32-23(21)24-33-8-9-36(24)3/h4-11H,1-3H3,(H,35,37). The molecule has 0 saturated carbocycles. The first-order valence-corrected chi connectivity index (χ1v) is 11.2. The number of halogens is 5. The highest BCUT2D eigenvalue weighted by atomic mass is 19.4. The number of alkyl halides is 3.